The van der Waals surface area contributed by atoms with Crippen molar-refractivity contribution in [3.8, 4) is 0 Å². The highest BCUT2D eigenvalue weighted by Crippen LogP contribution is 2.16. The molecular weight excluding hydrogens is 326 g/mol. The van der Waals surface area contributed by atoms with Crippen molar-refractivity contribution in [3.63, 3.8) is 0 Å². The van der Waals surface area contributed by atoms with E-state index in [0.29, 0.717) is 0 Å². The Morgan fingerprint density at radius 1 is 1.19 bits per heavy atom. The number of fused-ring (bicyclic) bond motifs is 1. The second-order valence-electron chi connectivity index (χ2n) is 7.17. The predicted octanol–water partition coefficient (Wildman–Crippen LogP) is 2.65. The number of amides is 1. The SMILES string of the molecule is CC(CCc1ccccc1)NC(=O)Cn1nc2c(cc1=O)CCCCC2. The molecule has 1 aromatic carbocycles. The molecule has 26 heavy (non-hydrogen) atoms. The van der Waals surface area contributed by atoms with Crippen molar-refractivity contribution >= 4 is 5.91 Å². The summed E-state index contributed by atoms with van der Waals surface area (Å²) in [4.78, 5) is 24.6. The molecule has 1 unspecified atom stereocenters. The molecule has 0 radical (unpaired) electrons. The zero-order valence-corrected chi connectivity index (χ0v) is 15.4. The Labute approximate surface area is 154 Å². The maximum Gasteiger partial charge on any atom is 0.267 e. The molecular formula is C21H27N3O2. The third-order valence-corrected chi connectivity index (χ3v) is 4.93. The maximum atomic E-state index is 12.3. The van der Waals surface area contributed by atoms with Gasteiger partial charge in [-0.25, -0.2) is 4.68 Å². The van der Waals surface area contributed by atoms with Crippen LogP contribution in [-0.2, 0) is 30.6 Å². The molecule has 0 fully saturated rings. The Morgan fingerprint density at radius 2 is 1.96 bits per heavy atom. The fraction of sp³-hybridized carbons (Fsp3) is 0.476. The molecule has 1 amide bonds. The lowest BCUT2D eigenvalue weighted by molar-refractivity contribution is -0.122. The van der Waals surface area contributed by atoms with Gasteiger partial charge in [0.2, 0.25) is 5.91 Å². The van der Waals surface area contributed by atoms with Gasteiger partial charge in [-0.15, -0.1) is 0 Å². The van der Waals surface area contributed by atoms with Crippen molar-refractivity contribution in [1.29, 1.82) is 0 Å². The van der Waals surface area contributed by atoms with E-state index in [1.54, 1.807) is 6.07 Å². The van der Waals surface area contributed by atoms with Crippen molar-refractivity contribution in [3.05, 3.63) is 63.6 Å². The first kappa shape index (κ1) is 18.4. The summed E-state index contributed by atoms with van der Waals surface area (Å²) < 4.78 is 1.31. The first-order valence-electron chi connectivity index (χ1n) is 9.55. The maximum absolute atomic E-state index is 12.3. The molecule has 1 heterocycles. The van der Waals surface area contributed by atoms with Crippen molar-refractivity contribution in [1.82, 2.24) is 15.1 Å². The number of nitrogens with one attached hydrogen (secondary N) is 1. The number of rotatable bonds is 6. The molecule has 138 valence electrons. The lowest BCUT2D eigenvalue weighted by Crippen LogP contribution is -2.38. The zero-order valence-electron chi connectivity index (χ0n) is 15.4. The van der Waals surface area contributed by atoms with Gasteiger partial charge in [0.05, 0.1) is 5.69 Å². The molecule has 5 heteroatoms. The second kappa shape index (κ2) is 8.79. The molecule has 0 saturated heterocycles. The van der Waals surface area contributed by atoms with Gasteiger partial charge in [0, 0.05) is 12.1 Å². The highest BCUT2D eigenvalue weighted by Gasteiger charge is 2.14. The minimum absolute atomic E-state index is 0.0121. The number of aryl methyl sites for hydroxylation is 3. The highest BCUT2D eigenvalue weighted by atomic mass is 16.2. The third kappa shape index (κ3) is 5.04. The van der Waals surface area contributed by atoms with E-state index in [1.807, 2.05) is 25.1 Å². The number of hydrogen-bond acceptors (Lipinski definition) is 3. The summed E-state index contributed by atoms with van der Waals surface area (Å²) in [7, 11) is 0. The van der Waals surface area contributed by atoms with Gasteiger partial charge in [-0.2, -0.15) is 5.10 Å². The first-order chi connectivity index (χ1) is 12.6. The van der Waals surface area contributed by atoms with Gasteiger partial charge in [0.1, 0.15) is 6.54 Å². The van der Waals surface area contributed by atoms with Crippen molar-refractivity contribution in [2.75, 3.05) is 0 Å². The summed E-state index contributed by atoms with van der Waals surface area (Å²) in [5, 5.41) is 7.44. The fourth-order valence-corrected chi connectivity index (χ4v) is 3.45. The van der Waals surface area contributed by atoms with Crippen LogP contribution in [0.1, 0.15) is 49.4 Å². The number of carbonyl (C=O) groups is 1. The van der Waals surface area contributed by atoms with Crippen LogP contribution >= 0.6 is 0 Å². The Kier molecular flexibility index (Phi) is 6.21. The molecule has 3 rings (SSSR count). The average molecular weight is 353 g/mol. The van der Waals surface area contributed by atoms with Crippen molar-refractivity contribution < 1.29 is 4.79 Å². The van der Waals surface area contributed by atoms with Crippen LogP contribution in [0, 0.1) is 0 Å². The van der Waals surface area contributed by atoms with Gasteiger partial charge in [0.25, 0.3) is 5.56 Å². The molecule has 2 aromatic rings. The molecule has 5 nitrogen and oxygen atoms in total. The van der Waals surface area contributed by atoms with Crippen LogP contribution < -0.4 is 10.9 Å². The van der Waals surface area contributed by atoms with Gasteiger partial charge >= 0.3 is 0 Å². The van der Waals surface area contributed by atoms with Crippen LogP contribution in [0.25, 0.3) is 0 Å². The lowest BCUT2D eigenvalue weighted by Gasteiger charge is -2.15. The van der Waals surface area contributed by atoms with Crippen molar-refractivity contribution in [2.45, 2.75) is 64.5 Å². The Balaban J connectivity index is 1.56. The number of hydrogen-bond donors (Lipinski definition) is 1. The summed E-state index contributed by atoms with van der Waals surface area (Å²) in [6, 6.07) is 11.9. The van der Waals surface area contributed by atoms with Gasteiger partial charge in [0.15, 0.2) is 0 Å². The topological polar surface area (TPSA) is 64.0 Å². The van der Waals surface area contributed by atoms with Crippen LogP contribution in [0.3, 0.4) is 0 Å². The quantitative estimate of drug-likeness (QED) is 0.812. The Hall–Kier alpha value is -2.43. The zero-order chi connectivity index (χ0) is 18.4. The lowest BCUT2D eigenvalue weighted by atomic mass is 10.1. The van der Waals surface area contributed by atoms with Crippen LogP contribution in [-0.4, -0.2) is 21.7 Å². The molecule has 1 atom stereocenters. The first-order valence-corrected chi connectivity index (χ1v) is 9.55. The largest absolute Gasteiger partial charge is 0.352 e. The molecule has 0 aliphatic heterocycles. The monoisotopic (exact) mass is 353 g/mol. The molecule has 0 saturated carbocycles. The van der Waals surface area contributed by atoms with Crippen LogP contribution in [0.4, 0.5) is 0 Å². The summed E-state index contributed by atoms with van der Waals surface area (Å²) in [6.07, 6.45) is 6.97. The summed E-state index contributed by atoms with van der Waals surface area (Å²) in [5.74, 6) is -0.159. The minimum Gasteiger partial charge on any atom is -0.352 e. The highest BCUT2D eigenvalue weighted by molar-refractivity contribution is 5.75. The van der Waals surface area contributed by atoms with E-state index in [1.165, 1.54) is 16.7 Å². The number of carbonyl (C=O) groups excluding carboxylic acids is 1. The molecule has 1 aromatic heterocycles. The van der Waals surface area contributed by atoms with Crippen molar-refractivity contribution in [2.24, 2.45) is 0 Å². The predicted molar refractivity (Wildman–Crippen MR) is 102 cm³/mol. The van der Waals surface area contributed by atoms with E-state index >= 15 is 0 Å². The summed E-state index contributed by atoms with van der Waals surface area (Å²) in [5.41, 5.74) is 3.11. The third-order valence-electron chi connectivity index (χ3n) is 4.93. The molecule has 1 N–H and O–H groups in total. The van der Waals surface area contributed by atoms with Gasteiger partial charge in [-0.05, 0) is 56.6 Å². The van der Waals surface area contributed by atoms with Gasteiger partial charge < -0.3 is 5.32 Å². The fourth-order valence-electron chi connectivity index (χ4n) is 3.45. The van der Waals surface area contributed by atoms with Gasteiger partial charge in [-0.3, -0.25) is 9.59 Å². The van der Waals surface area contributed by atoms with E-state index < -0.39 is 0 Å². The van der Waals surface area contributed by atoms with E-state index in [-0.39, 0.29) is 24.1 Å². The molecule has 0 spiro atoms. The molecule has 1 aliphatic carbocycles. The number of benzene rings is 1. The Bertz CT molecular complexity index is 799. The van der Waals surface area contributed by atoms with E-state index in [4.69, 9.17) is 0 Å². The van der Waals surface area contributed by atoms with Crippen LogP contribution in [0.5, 0.6) is 0 Å². The number of aromatic nitrogens is 2. The average Bonchev–Trinajstić information content (AvgIpc) is 2.86. The smallest absolute Gasteiger partial charge is 0.267 e. The van der Waals surface area contributed by atoms with E-state index in [9.17, 15) is 9.59 Å². The summed E-state index contributed by atoms with van der Waals surface area (Å²) >= 11 is 0. The van der Waals surface area contributed by atoms with E-state index in [0.717, 1.165) is 49.8 Å². The minimum atomic E-state index is -0.183. The molecule has 0 bridgehead atoms. The van der Waals surface area contributed by atoms with Gasteiger partial charge in [-0.1, -0.05) is 36.8 Å². The molecule has 1 aliphatic rings. The van der Waals surface area contributed by atoms with Crippen LogP contribution in [0.2, 0.25) is 0 Å². The standard InChI is InChI=1S/C21H27N3O2/c1-16(12-13-17-8-4-2-5-9-17)22-20(25)15-24-21(26)14-18-10-6-3-7-11-19(18)23-24/h2,4-5,8-9,14,16H,3,6-7,10-13,15H2,1H3,(H,22,25). The number of nitrogens with zero attached hydrogens (tertiary/aromatic N) is 2. The second-order valence-corrected chi connectivity index (χ2v) is 7.17. The normalized spacial score (nSPS) is 15.0. The van der Waals surface area contributed by atoms with E-state index in [2.05, 4.69) is 22.5 Å². The van der Waals surface area contributed by atoms with Crippen LogP contribution in [0.15, 0.2) is 41.2 Å². The Morgan fingerprint density at radius 3 is 2.77 bits per heavy atom. The summed E-state index contributed by atoms with van der Waals surface area (Å²) in [6.45, 7) is 1.98.